The van der Waals surface area contributed by atoms with Crippen molar-refractivity contribution in [2.45, 2.75) is 13.8 Å². The van der Waals surface area contributed by atoms with E-state index in [1.807, 2.05) is 0 Å². The first-order valence-corrected chi connectivity index (χ1v) is 5.43. The standard InChI is InChI=1S/C11H12O4.C2H4O2/c1-2-15-11(14)6-4-8-3-5-9(12)10(13)7-8;1-2(3)4/h3-7,12-13H,2H2,1H3;1H3,(H,3,4)/b6-4+;. The number of hydrogen-bond acceptors (Lipinski definition) is 5. The first kappa shape index (κ1) is 16.5. The number of carboxylic acids is 1. The molecule has 19 heavy (non-hydrogen) atoms. The van der Waals surface area contributed by atoms with Crippen molar-refractivity contribution in [2.75, 3.05) is 6.61 Å². The van der Waals surface area contributed by atoms with Gasteiger partial charge in [-0.2, -0.15) is 0 Å². The molecule has 1 rings (SSSR count). The molecule has 0 radical (unpaired) electrons. The quantitative estimate of drug-likeness (QED) is 0.438. The van der Waals surface area contributed by atoms with Gasteiger partial charge in [0.25, 0.3) is 5.97 Å². The predicted molar refractivity (Wildman–Crippen MR) is 68.7 cm³/mol. The van der Waals surface area contributed by atoms with Gasteiger partial charge >= 0.3 is 5.97 Å². The number of hydrogen-bond donors (Lipinski definition) is 3. The van der Waals surface area contributed by atoms with Gasteiger partial charge in [-0.05, 0) is 30.7 Å². The van der Waals surface area contributed by atoms with E-state index in [2.05, 4.69) is 4.74 Å². The Labute approximate surface area is 110 Å². The summed E-state index contributed by atoms with van der Waals surface area (Å²) in [5.74, 6) is -1.69. The Bertz CT molecular complexity index is 460. The lowest BCUT2D eigenvalue weighted by Gasteiger charge is -1.98. The molecule has 0 amide bonds. The van der Waals surface area contributed by atoms with Gasteiger partial charge in [-0.15, -0.1) is 0 Å². The van der Waals surface area contributed by atoms with Crippen LogP contribution in [0.1, 0.15) is 19.4 Å². The van der Waals surface area contributed by atoms with Gasteiger partial charge in [0.05, 0.1) is 6.61 Å². The van der Waals surface area contributed by atoms with Crippen LogP contribution in [0.25, 0.3) is 6.08 Å². The van der Waals surface area contributed by atoms with Crippen LogP contribution in [0.15, 0.2) is 24.3 Å². The summed E-state index contributed by atoms with van der Waals surface area (Å²) in [7, 11) is 0. The number of ether oxygens (including phenoxy) is 1. The molecular weight excluding hydrogens is 252 g/mol. The lowest BCUT2D eigenvalue weighted by molar-refractivity contribution is -0.137. The van der Waals surface area contributed by atoms with Gasteiger partial charge in [-0.25, -0.2) is 4.79 Å². The topological polar surface area (TPSA) is 104 Å². The van der Waals surface area contributed by atoms with E-state index in [9.17, 15) is 4.79 Å². The average Bonchev–Trinajstić information content (AvgIpc) is 2.30. The molecule has 0 atom stereocenters. The molecule has 0 aliphatic carbocycles. The first-order valence-electron chi connectivity index (χ1n) is 5.43. The smallest absolute Gasteiger partial charge is 0.330 e. The fourth-order valence-corrected chi connectivity index (χ4v) is 0.999. The number of carbonyl (C=O) groups excluding carboxylic acids is 1. The third kappa shape index (κ3) is 8.25. The molecule has 0 saturated carbocycles. The third-order valence-corrected chi connectivity index (χ3v) is 1.70. The molecule has 104 valence electrons. The van der Waals surface area contributed by atoms with Crippen LogP contribution in [0.3, 0.4) is 0 Å². The minimum atomic E-state index is -0.833. The summed E-state index contributed by atoms with van der Waals surface area (Å²) in [6, 6.07) is 4.27. The van der Waals surface area contributed by atoms with Crippen LogP contribution in [0.2, 0.25) is 0 Å². The van der Waals surface area contributed by atoms with Crippen molar-refractivity contribution < 1.29 is 29.6 Å². The maximum Gasteiger partial charge on any atom is 0.330 e. The Morgan fingerprint density at radius 1 is 1.26 bits per heavy atom. The van der Waals surface area contributed by atoms with E-state index >= 15 is 0 Å². The lowest BCUT2D eigenvalue weighted by atomic mass is 10.2. The molecule has 0 heterocycles. The zero-order chi connectivity index (χ0) is 14.8. The molecule has 0 bridgehead atoms. The second-order valence-corrected chi connectivity index (χ2v) is 3.35. The summed E-state index contributed by atoms with van der Waals surface area (Å²) in [5.41, 5.74) is 0.610. The van der Waals surface area contributed by atoms with Crippen molar-refractivity contribution >= 4 is 18.0 Å². The molecule has 0 aliphatic heterocycles. The van der Waals surface area contributed by atoms with E-state index in [1.165, 1.54) is 24.3 Å². The molecule has 3 N–H and O–H groups in total. The second-order valence-electron chi connectivity index (χ2n) is 3.35. The van der Waals surface area contributed by atoms with Gasteiger partial charge in [0.1, 0.15) is 0 Å². The number of esters is 1. The number of carboxylic acid groups (broad SMARTS) is 1. The fraction of sp³-hybridized carbons (Fsp3) is 0.231. The molecular formula is C13H16O6. The first-order chi connectivity index (χ1) is 8.86. The summed E-state index contributed by atoms with van der Waals surface area (Å²) in [6.45, 7) is 3.13. The minimum absolute atomic E-state index is 0.191. The van der Waals surface area contributed by atoms with Gasteiger partial charge in [-0.1, -0.05) is 6.07 Å². The molecule has 6 heteroatoms. The van der Waals surface area contributed by atoms with E-state index in [0.717, 1.165) is 6.92 Å². The van der Waals surface area contributed by atoms with Crippen molar-refractivity contribution in [3.8, 4) is 11.5 Å². The van der Waals surface area contributed by atoms with Crippen LogP contribution in [0, 0.1) is 0 Å². The SMILES string of the molecule is CC(=O)O.CCOC(=O)/C=C/c1ccc(O)c(O)c1. The minimum Gasteiger partial charge on any atom is -0.504 e. The van der Waals surface area contributed by atoms with Gasteiger partial charge < -0.3 is 20.1 Å². The summed E-state index contributed by atoms with van der Waals surface area (Å²) in [6.07, 6.45) is 2.76. The molecule has 6 nitrogen and oxygen atoms in total. The summed E-state index contributed by atoms with van der Waals surface area (Å²) in [5, 5.41) is 25.6. The Kier molecular flexibility index (Phi) is 7.44. The maximum absolute atomic E-state index is 10.9. The van der Waals surface area contributed by atoms with Gasteiger partial charge in [0.15, 0.2) is 11.5 Å². The largest absolute Gasteiger partial charge is 0.504 e. The summed E-state index contributed by atoms with van der Waals surface area (Å²) < 4.78 is 4.68. The van der Waals surface area contributed by atoms with Gasteiger partial charge in [-0.3, -0.25) is 4.79 Å². The van der Waals surface area contributed by atoms with Crippen molar-refractivity contribution in [3.63, 3.8) is 0 Å². The number of benzene rings is 1. The average molecular weight is 268 g/mol. The van der Waals surface area contributed by atoms with Crippen molar-refractivity contribution in [2.24, 2.45) is 0 Å². The fourth-order valence-electron chi connectivity index (χ4n) is 0.999. The highest BCUT2D eigenvalue weighted by atomic mass is 16.5. The number of rotatable bonds is 3. The molecule has 0 fully saturated rings. The summed E-state index contributed by atoms with van der Waals surface area (Å²) in [4.78, 5) is 19.9. The van der Waals surface area contributed by atoms with Crippen LogP contribution in [0.4, 0.5) is 0 Å². The zero-order valence-corrected chi connectivity index (χ0v) is 10.7. The number of carbonyl (C=O) groups is 2. The highest BCUT2D eigenvalue weighted by Crippen LogP contribution is 2.25. The van der Waals surface area contributed by atoms with Crippen LogP contribution < -0.4 is 0 Å². The van der Waals surface area contributed by atoms with Crippen LogP contribution in [0.5, 0.6) is 11.5 Å². The Balaban J connectivity index is 0.000000711. The number of phenolic OH excluding ortho intramolecular Hbond substituents is 2. The van der Waals surface area contributed by atoms with Crippen molar-refractivity contribution in [1.82, 2.24) is 0 Å². The monoisotopic (exact) mass is 268 g/mol. The molecule has 0 saturated heterocycles. The maximum atomic E-state index is 10.9. The van der Waals surface area contributed by atoms with Crippen molar-refractivity contribution in [1.29, 1.82) is 0 Å². The zero-order valence-electron chi connectivity index (χ0n) is 10.7. The van der Waals surface area contributed by atoms with E-state index in [-0.39, 0.29) is 11.5 Å². The Hall–Kier alpha value is -2.50. The van der Waals surface area contributed by atoms with E-state index < -0.39 is 11.9 Å². The molecule has 0 aromatic heterocycles. The van der Waals surface area contributed by atoms with Crippen molar-refractivity contribution in [3.05, 3.63) is 29.8 Å². The normalized spacial score (nSPS) is 9.58. The third-order valence-electron chi connectivity index (χ3n) is 1.70. The predicted octanol–water partition coefficient (Wildman–Crippen LogP) is 1.77. The molecule has 1 aromatic rings. The van der Waals surface area contributed by atoms with Crippen LogP contribution in [-0.2, 0) is 14.3 Å². The van der Waals surface area contributed by atoms with E-state index in [1.54, 1.807) is 13.0 Å². The number of phenols is 2. The van der Waals surface area contributed by atoms with E-state index in [0.29, 0.717) is 12.2 Å². The van der Waals surface area contributed by atoms with Crippen LogP contribution >= 0.6 is 0 Å². The summed E-state index contributed by atoms with van der Waals surface area (Å²) >= 11 is 0. The molecule has 0 unspecified atom stereocenters. The number of aliphatic carboxylic acids is 1. The van der Waals surface area contributed by atoms with E-state index in [4.69, 9.17) is 20.1 Å². The highest BCUT2D eigenvalue weighted by molar-refractivity contribution is 5.87. The van der Waals surface area contributed by atoms with Crippen LogP contribution in [-0.4, -0.2) is 33.9 Å². The molecule has 0 spiro atoms. The molecule has 0 aliphatic rings. The highest BCUT2D eigenvalue weighted by Gasteiger charge is 1.99. The van der Waals surface area contributed by atoms with Gasteiger partial charge in [0.2, 0.25) is 0 Å². The Morgan fingerprint density at radius 2 is 1.84 bits per heavy atom. The molecule has 1 aromatic carbocycles. The second kappa shape index (κ2) is 8.57. The van der Waals surface area contributed by atoms with Gasteiger partial charge in [0, 0.05) is 13.0 Å². The number of aromatic hydroxyl groups is 2. The lowest BCUT2D eigenvalue weighted by Crippen LogP contribution is -1.98. The Morgan fingerprint density at radius 3 is 2.32 bits per heavy atom.